The van der Waals surface area contributed by atoms with Crippen LogP contribution in [0.1, 0.15) is 29.8 Å². The molecule has 1 heterocycles. The zero-order valence-electron chi connectivity index (χ0n) is 13.3. The van der Waals surface area contributed by atoms with Crippen LogP contribution < -0.4 is 22.9 Å². The molecular weight excluding hydrogens is 330 g/mol. The predicted molar refractivity (Wildman–Crippen MR) is 105 cm³/mol. The molecule has 7 heteroatoms. The summed E-state index contributed by atoms with van der Waals surface area (Å²) in [6, 6.07) is 10.5. The number of anilines is 1. The summed E-state index contributed by atoms with van der Waals surface area (Å²) >= 11 is 0. The molecule has 2 aromatic rings. The zero-order chi connectivity index (χ0) is 18.1. The van der Waals surface area contributed by atoms with Crippen molar-refractivity contribution in [2.24, 2.45) is 22.2 Å². The maximum atomic E-state index is 11.5. The number of hydrogen-bond acceptors (Lipinski definition) is 5. The third-order valence-electron chi connectivity index (χ3n) is 3.96. The molecule has 0 aliphatic carbocycles. The number of nitrogens with zero attached hydrogens (tertiary/aromatic N) is 1. The lowest BCUT2D eigenvalue weighted by atomic mass is 9.98. The lowest BCUT2D eigenvalue weighted by molar-refractivity contribution is -0.114. The molecule has 3 rings (SSSR count). The van der Waals surface area contributed by atoms with E-state index in [1.54, 1.807) is 24.3 Å². The molecule has 1 aliphatic rings. The molecule has 0 spiro atoms. The van der Waals surface area contributed by atoms with Crippen molar-refractivity contribution in [2.75, 3.05) is 5.73 Å². The van der Waals surface area contributed by atoms with Crippen LogP contribution in [0.4, 0.5) is 11.4 Å². The number of rotatable bonds is 3. The average Bonchev–Trinajstić information content (AvgIpc) is 2.72. The third-order valence-corrected chi connectivity index (χ3v) is 3.96. The van der Waals surface area contributed by atoms with E-state index in [1.165, 1.54) is 0 Å². The molecule has 26 heavy (non-hydrogen) atoms. The zero-order valence-corrected chi connectivity index (χ0v) is 13.3. The summed E-state index contributed by atoms with van der Waals surface area (Å²) in [5.74, 6) is -0.818. The van der Waals surface area contributed by atoms with Crippen molar-refractivity contribution in [3.63, 3.8) is 0 Å². The van der Waals surface area contributed by atoms with Gasteiger partial charge in [0.05, 0.1) is 11.3 Å². The first-order chi connectivity index (χ1) is 11.8. The number of fused-ring (bicyclic) bond motifs is 1. The van der Waals surface area contributed by atoms with Gasteiger partial charge in [-0.2, -0.15) is 0 Å². The van der Waals surface area contributed by atoms with Crippen LogP contribution >= 0.6 is 0 Å². The van der Waals surface area contributed by atoms with Gasteiger partial charge < -0.3 is 22.9 Å². The van der Waals surface area contributed by atoms with E-state index >= 15 is 0 Å². The van der Waals surface area contributed by atoms with Gasteiger partial charge in [0.25, 0.3) is 5.91 Å². The number of carbonyl (C=O) groups excluding carboxylic acids is 2. The predicted octanol–water partition coefficient (Wildman–Crippen LogP) is 1.93. The Hall–Kier alpha value is -3.61. The molecular formula is C19H21N5O2. The van der Waals surface area contributed by atoms with Gasteiger partial charge in [0.15, 0.2) is 0 Å². The fourth-order valence-corrected chi connectivity index (χ4v) is 2.68. The highest BCUT2D eigenvalue weighted by molar-refractivity contribution is 6.05. The van der Waals surface area contributed by atoms with Gasteiger partial charge in [0.2, 0.25) is 5.91 Å². The van der Waals surface area contributed by atoms with Gasteiger partial charge >= 0.3 is 0 Å². The van der Waals surface area contributed by atoms with E-state index in [1.807, 2.05) is 18.2 Å². The maximum Gasteiger partial charge on any atom is 0.250 e. The molecule has 0 atom stereocenters. The highest BCUT2D eigenvalue weighted by Gasteiger charge is 2.15. The summed E-state index contributed by atoms with van der Waals surface area (Å²) < 4.78 is 0. The number of amides is 2. The fraction of sp³-hybridized carbons (Fsp3) is 0.105. The number of amidine groups is 1. The second kappa shape index (κ2) is 7.10. The van der Waals surface area contributed by atoms with Crippen LogP contribution in [-0.2, 0) is 4.79 Å². The second-order valence-electron chi connectivity index (χ2n) is 5.75. The molecule has 0 saturated carbocycles. The number of nitrogen functional groups attached to an aromatic ring is 1. The van der Waals surface area contributed by atoms with Crippen LogP contribution in [0.2, 0.25) is 0 Å². The highest BCUT2D eigenvalue weighted by atomic mass is 16.1. The van der Waals surface area contributed by atoms with E-state index in [9.17, 15) is 9.59 Å². The number of carbonyl (C=O) groups is 2. The molecule has 0 saturated heterocycles. The van der Waals surface area contributed by atoms with E-state index in [0.717, 1.165) is 16.7 Å². The largest absolute Gasteiger partial charge is 0.398 e. The van der Waals surface area contributed by atoms with Gasteiger partial charge in [-0.15, -0.1) is 0 Å². The Bertz CT molecular complexity index is 960. The lowest BCUT2D eigenvalue weighted by Crippen LogP contribution is -2.19. The summed E-state index contributed by atoms with van der Waals surface area (Å²) in [5, 5.41) is 0. The Kier molecular flexibility index (Phi) is 5.11. The van der Waals surface area contributed by atoms with Crippen LogP contribution in [0.25, 0.3) is 17.2 Å². The second-order valence-corrected chi connectivity index (χ2v) is 5.75. The molecule has 0 bridgehead atoms. The van der Waals surface area contributed by atoms with Crippen LogP contribution in [0.15, 0.2) is 47.0 Å². The molecule has 8 N–H and O–H groups in total. The van der Waals surface area contributed by atoms with Crippen molar-refractivity contribution in [2.45, 2.75) is 13.8 Å². The molecule has 2 amide bonds. The first-order valence-corrected chi connectivity index (χ1v) is 7.52. The van der Waals surface area contributed by atoms with Gasteiger partial charge in [-0.25, -0.2) is 4.99 Å². The van der Waals surface area contributed by atoms with Crippen molar-refractivity contribution in [1.82, 2.24) is 0 Å². The molecule has 7 nitrogen and oxygen atoms in total. The van der Waals surface area contributed by atoms with Crippen LogP contribution in [0, 0.1) is 0 Å². The number of aliphatic imine (C=N–C) groups is 1. The van der Waals surface area contributed by atoms with Gasteiger partial charge in [0, 0.05) is 23.2 Å². The number of nitrogens with two attached hydrogens (primary N) is 4. The molecule has 0 aromatic heterocycles. The number of primary amides is 2. The lowest BCUT2D eigenvalue weighted by Gasteiger charge is -2.09. The molecule has 0 radical (unpaired) electrons. The molecule has 1 aliphatic heterocycles. The summed E-state index contributed by atoms with van der Waals surface area (Å²) in [6.07, 6.45) is 1.88. The Morgan fingerprint density at radius 2 is 1.58 bits per heavy atom. The minimum Gasteiger partial charge on any atom is -0.398 e. The van der Waals surface area contributed by atoms with Gasteiger partial charge in [-0.1, -0.05) is 25.6 Å². The minimum atomic E-state index is -0.592. The highest BCUT2D eigenvalue weighted by Crippen LogP contribution is 2.32. The quantitative estimate of drug-likeness (QED) is 0.624. The van der Waals surface area contributed by atoms with Crippen molar-refractivity contribution in [3.05, 3.63) is 53.1 Å². The van der Waals surface area contributed by atoms with Crippen LogP contribution in [-0.4, -0.2) is 17.6 Å². The molecule has 2 aromatic carbocycles. The molecule has 0 fully saturated rings. The molecule has 134 valence electrons. The monoisotopic (exact) mass is 351 g/mol. The number of benzene rings is 2. The third kappa shape index (κ3) is 3.56. The summed E-state index contributed by atoms with van der Waals surface area (Å²) in [6.45, 7) is 0. The standard InChI is InChI=1S/C18H17N5O2.CH4/c19-14-4-3-9(6-13(14)18(22)25)10-1-2-11-5-12(17(21)24)8-16(20)23-15(11)7-10;/h1-7H,8,19H2,(H2,20,23)(H2,21,24)(H2,22,25);1H4. The topological polar surface area (TPSA) is 151 Å². The van der Waals surface area contributed by atoms with Crippen molar-refractivity contribution in [1.29, 1.82) is 0 Å². The summed E-state index contributed by atoms with van der Waals surface area (Å²) in [7, 11) is 0. The first kappa shape index (κ1) is 18.7. The smallest absolute Gasteiger partial charge is 0.250 e. The van der Waals surface area contributed by atoms with E-state index in [0.29, 0.717) is 22.8 Å². The Morgan fingerprint density at radius 1 is 0.923 bits per heavy atom. The average molecular weight is 351 g/mol. The van der Waals surface area contributed by atoms with E-state index in [4.69, 9.17) is 22.9 Å². The Balaban J connectivity index is 0.00000243. The SMILES string of the molecule is C.NC(=O)C1=Cc2ccc(-c3ccc(N)c(C(N)=O)c3)cc2N=C(N)C1. The van der Waals surface area contributed by atoms with Gasteiger partial charge in [-0.3, -0.25) is 9.59 Å². The van der Waals surface area contributed by atoms with Crippen molar-refractivity contribution >= 4 is 35.1 Å². The van der Waals surface area contributed by atoms with Gasteiger partial charge in [0.1, 0.15) is 5.84 Å². The number of hydrogen-bond donors (Lipinski definition) is 4. The maximum absolute atomic E-state index is 11.5. The van der Waals surface area contributed by atoms with Crippen LogP contribution in [0.3, 0.4) is 0 Å². The van der Waals surface area contributed by atoms with Crippen LogP contribution in [0.5, 0.6) is 0 Å². The van der Waals surface area contributed by atoms with E-state index < -0.39 is 11.8 Å². The van der Waals surface area contributed by atoms with E-state index in [2.05, 4.69) is 4.99 Å². The van der Waals surface area contributed by atoms with Crippen molar-refractivity contribution < 1.29 is 9.59 Å². The Morgan fingerprint density at radius 3 is 2.23 bits per heavy atom. The van der Waals surface area contributed by atoms with Crippen molar-refractivity contribution in [3.8, 4) is 11.1 Å². The summed E-state index contributed by atoms with van der Waals surface area (Å²) in [4.78, 5) is 27.3. The Labute approximate surface area is 151 Å². The fourth-order valence-electron chi connectivity index (χ4n) is 2.68. The summed E-state index contributed by atoms with van der Waals surface area (Å²) in [5.41, 5.74) is 26.3. The molecule has 0 unspecified atom stereocenters. The van der Waals surface area contributed by atoms with E-state index in [-0.39, 0.29) is 19.4 Å². The normalized spacial score (nSPS) is 12.8. The van der Waals surface area contributed by atoms with Gasteiger partial charge in [-0.05, 0) is 35.4 Å². The first-order valence-electron chi connectivity index (χ1n) is 7.52. The minimum absolute atomic E-state index is 0.